The minimum absolute atomic E-state index is 0.00845. The van der Waals surface area contributed by atoms with Crippen molar-refractivity contribution >= 4 is 15.7 Å². The van der Waals surface area contributed by atoms with Crippen LogP contribution in [0.3, 0.4) is 0 Å². The summed E-state index contributed by atoms with van der Waals surface area (Å²) in [6.07, 6.45) is 4.78. The van der Waals surface area contributed by atoms with Gasteiger partial charge in [-0.05, 0) is 30.3 Å². The zero-order chi connectivity index (χ0) is 17.9. The Bertz CT molecular complexity index is 900. The monoisotopic (exact) mass is 362 g/mol. The number of nitrogens with one attached hydrogen (secondary N) is 1. The Morgan fingerprint density at radius 3 is 2.56 bits per heavy atom. The zero-order valence-electron chi connectivity index (χ0n) is 12.8. The molecule has 3 aromatic rings. The molecule has 0 spiro atoms. The minimum atomic E-state index is -3.84. The molecule has 2 aromatic heterocycles. The third kappa shape index (κ3) is 3.75. The topological polar surface area (TPSA) is 120 Å². The molecular formula is C15H14N4O5S. The van der Waals surface area contributed by atoms with Gasteiger partial charge in [-0.15, -0.1) is 0 Å². The van der Waals surface area contributed by atoms with Gasteiger partial charge < -0.3 is 4.42 Å². The van der Waals surface area contributed by atoms with Crippen molar-refractivity contribution in [2.45, 2.75) is 10.9 Å². The molecule has 2 heterocycles. The van der Waals surface area contributed by atoms with E-state index in [-0.39, 0.29) is 17.1 Å². The van der Waals surface area contributed by atoms with Crippen molar-refractivity contribution in [3.63, 3.8) is 0 Å². The van der Waals surface area contributed by atoms with Gasteiger partial charge >= 0.3 is 0 Å². The number of non-ortho nitro benzene ring substituents is 1. The van der Waals surface area contributed by atoms with Crippen LogP contribution in [0.25, 0.3) is 0 Å². The largest absolute Gasteiger partial charge is 0.467 e. The number of benzene rings is 1. The van der Waals surface area contributed by atoms with Crippen molar-refractivity contribution < 1.29 is 17.8 Å². The molecule has 0 aliphatic rings. The average Bonchev–Trinajstić information content (AvgIpc) is 3.29. The molecule has 0 radical (unpaired) electrons. The summed E-state index contributed by atoms with van der Waals surface area (Å²) < 4.78 is 34.3. The van der Waals surface area contributed by atoms with Gasteiger partial charge in [0.1, 0.15) is 11.8 Å². The fourth-order valence-corrected chi connectivity index (χ4v) is 3.33. The summed E-state index contributed by atoms with van der Waals surface area (Å²) in [6.45, 7) is 0.00845. The third-order valence-electron chi connectivity index (χ3n) is 3.54. The van der Waals surface area contributed by atoms with E-state index in [1.807, 2.05) is 0 Å². The molecule has 0 aliphatic carbocycles. The normalized spacial score (nSPS) is 12.8. The molecule has 0 bridgehead atoms. The standard InChI is InChI=1S/C15H14N4O5S/c20-19(21)12-4-6-13(7-5-12)25(22,23)17-11-14(15-3-1-10-24-15)18-9-2-8-16-18/h1-10,14,17H,11H2. The highest BCUT2D eigenvalue weighted by atomic mass is 32.2. The zero-order valence-corrected chi connectivity index (χ0v) is 13.7. The van der Waals surface area contributed by atoms with E-state index in [0.717, 1.165) is 12.1 Å². The van der Waals surface area contributed by atoms with Crippen LogP contribution in [0.15, 0.2) is 70.4 Å². The number of sulfonamides is 1. The van der Waals surface area contributed by atoms with E-state index in [2.05, 4.69) is 9.82 Å². The van der Waals surface area contributed by atoms with Crippen molar-refractivity contribution in [2.75, 3.05) is 6.54 Å². The van der Waals surface area contributed by atoms with Crippen LogP contribution < -0.4 is 4.72 Å². The first kappa shape index (κ1) is 16.9. The van der Waals surface area contributed by atoms with Crippen LogP contribution in [-0.4, -0.2) is 29.7 Å². The van der Waals surface area contributed by atoms with Crippen molar-refractivity contribution in [1.29, 1.82) is 0 Å². The number of hydrogen-bond acceptors (Lipinski definition) is 6. The van der Waals surface area contributed by atoms with Crippen LogP contribution in [0.1, 0.15) is 11.8 Å². The molecule has 1 atom stereocenters. The summed E-state index contributed by atoms with van der Waals surface area (Å²) in [5, 5.41) is 14.8. The Labute approximate surface area is 143 Å². The molecular weight excluding hydrogens is 348 g/mol. The van der Waals surface area contributed by atoms with Crippen LogP contribution in [0, 0.1) is 10.1 Å². The molecule has 0 saturated heterocycles. The number of hydrogen-bond donors (Lipinski definition) is 1. The van der Waals surface area contributed by atoms with E-state index in [0.29, 0.717) is 5.76 Å². The molecule has 25 heavy (non-hydrogen) atoms. The Kier molecular flexibility index (Phi) is 4.63. The molecule has 1 N–H and O–H groups in total. The van der Waals surface area contributed by atoms with E-state index in [9.17, 15) is 18.5 Å². The number of aromatic nitrogens is 2. The fraction of sp³-hybridized carbons (Fsp3) is 0.133. The summed E-state index contributed by atoms with van der Waals surface area (Å²) in [5.74, 6) is 0.551. The second-order valence-electron chi connectivity index (χ2n) is 5.12. The Morgan fingerprint density at radius 1 is 1.24 bits per heavy atom. The third-order valence-corrected chi connectivity index (χ3v) is 4.98. The molecule has 9 nitrogen and oxygen atoms in total. The van der Waals surface area contributed by atoms with E-state index < -0.39 is 21.0 Å². The second kappa shape index (κ2) is 6.87. The van der Waals surface area contributed by atoms with Gasteiger partial charge in [0.05, 0.1) is 16.1 Å². The smallest absolute Gasteiger partial charge is 0.269 e. The van der Waals surface area contributed by atoms with Crippen LogP contribution in [0.4, 0.5) is 5.69 Å². The van der Waals surface area contributed by atoms with Crippen LogP contribution in [0.2, 0.25) is 0 Å². The predicted molar refractivity (Wildman–Crippen MR) is 87.4 cm³/mol. The Hall–Kier alpha value is -2.98. The van der Waals surface area contributed by atoms with Crippen molar-refractivity contribution in [3.8, 4) is 0 Å². The molecule has 10 heteroatoms. The summed E-state index contributed by atoms with van der Waals surface area (Å²) >= 11 is 0. The molecule has 0 saturated carbocycles. The number of furan rings is 1. The van der Waals surface area contributed by atoms with Crippen LogP contribution in [-0.2, 0) is 10.0 Å². The summed E-state index contributed by atoms with van der Waals surface area (Å²) in [6, 6.07) is 9.37. The van der Waals surface area contributed by atoms with E-state index in [1.165, 1.54) is 18.4 Å². The lowest BCUT2D eigenvalue weighted by Crippen LogP contribution is -2.31. The molecule has 3 rings (SSSR count). The highest BCUT2D eigenvalue weighted by molar-refractivity contribution is 7.89. The molecule has 130 valence electrons. The van der Waals surface area contributed by atoms with E-state index in [4.69, 9.17) is 4.42 Å². The van der Waals surface area contributed by atoms with E-state index in [1.54, 1.807) is 35.3 Å². The predicted octanol–water partition coefficient (Wildman–Crippen LogP) is 1.95. The minimum Gasteiger partial charge on any atom is -0.467 e. The van der Waals surface area contributed by atoms with Gasteiger partial charge in [0.15, 0.2) is 0 Å². The quantitative estimate of drug-likeness (QED) is 0.506. The lowest BCUT2D eigenvalue weighted by Gasteiger charge is -2.16. The maximum atomic E-state index is 12.4. The van der Waals surface area contributed by atoms with Crippen LogP contribution >= 0.6 is 0 Å². The first-order valence-corrected chi connectivity index (χ1v) is 8.72. The molecule has 1 aromatic carbocycles. The van der Waals surface area contributed by atoms with Crippen molar-refractivity contribution in [2.24, 2.45) is 0 Å². The van der Waals surface area contributed by atoms with Gasteiger partial charge in [-0.2, -0.15) is 5.10 Å². The number of nitro groups is 1. The molecule has 0 fully saturated rings. The first-order chi connectivity index (χ1) is 12.0. The Morgan fingerprint density at radius 2 is 2.00 bits per heavy atom. The number of nitro benzene ring substituents is 1. The van der Waals surface area contributed by atoms with Gasteiger partial charge in [0.2, 0.25) is 10.0 Å². The van der Waals surface area contributed by atoms with Gasteiger partial charge in [-0.1, -0.05) is 0 Å². The van der Waals surface area contributed by atoms with Crippen molar-refractivity contribution in [1.82, 2.24) is 14.5 Å². The van der Waals surface area contributed by atoms with Gasteiger partial charge in [-0.25, -0.2) is 13.1 Å². The summed E-state index contributed by atoms with van der Waals surface area (Å²) in [7, 11) is -3.84. The van der Waals surface area contributed by atoms with Gasteiger partial charge in [-0.3, -0.25) is 14.8 Å². The lowest BCUT2D eigenvalue weighted by atomic mass is 10.2. The van der Waals surface area contributed by atoms with Gasteiger partial charge in [0.25, 0.3) is 5.69 Å². The first-order valence-electron chi connectivity index (χ1n) is 7.24. The maximum Gasteiger partial charge on any atom is 0.269 e. The highest BCUT2D eigenvalue weighted by Gasteiger charge is 2.22. The number of nitrogens with zero attached hydrogens (tertiary/aromatic N) is 3. The van der Waals surface area contributed by atoms with Gasteiger partial charge in [0, 0.05) is 31.1 Å². The number of rotatable bonds is 7. The summed E-state index contributed by atoms with van der Waals surface area (Å²) in [5.41, 5.74) is -0.177. The molecule has 0 amide bonds. The highest BCUT2D eigenvalue weighted by Crippen LogP contribution is 2.19. The SMILES string of the molecule is O=[N+]([O-])c1ccc(S(=O)(=O)NCC(c2ccco2)n2cccn2)cc1. The fourth-order valence-electron chi connectivity index (χ4n) is 2.29. The summed E-state index contributed by atoms with van der Waals surface area (Å²) in [4.78, 5) is 10.0. The van der Waals surface area contributed by atoms with Crippen molar-refractivity contribution in [3.05, 3.63) is 77.0 Å². The molecule has 1 unspecified atom stereocenters. The van der Waals surface area contributed by atoms with Crippen LogP contribution in [0.5, 0.6) is 0 Å². The maximum absolute atomic E-state index is 12.4. The lowest BCUT2D eigenvalue weighted by molar-refractivity contribution is -0.384. The Balaban J connectivity index is 1.79. The van der Waals surface area contributed by atoms with E-state index >= 15 is 0 Å². The molecule has 0 aliphatic heterocycles. The average molecular weight is 362 g/mol. The second-order valence-corrected chi connectivity index (χ2v) is 6.89.